The van der Waals surface area contributed by atoms with Crippen LogP contribution in [0.3, 0.4) is 0 Å². The molecule has 5 nitrogen and oxygen atoms in total. The molecule has 2 heterocycles. The number of hydrogen-bond donors (Lipinski definition) is 0. The highest BCUT2D eigenvalue weighted by atomic mass is 16.5. The highest BCUT2D eigenvalue weighted by molar-refractivity contribution is 6.01. The fourth-order valence-electron chi connectivity index (χ4n) is 3.85. The molecule has 0 bridgehead atoms. The number of pyridine rings is 1. The summed E-state index contributed by atoms with van der Waals surface area (Å²) >= 11 is 0. The van der Waals surface area contributed by atoms with Crippen molar-refractivity contribution in [1.82, 2.24) is 9.88 Å². The van der Waals surface area contributed by atoms with Gasteiger partial charge in [-0.05, 0) is 48.2 Å². The smallest absolute Gasteiger partial charge is 0.289 e. The quantitative estimate of drug-likeness (QED) is 0.561. The Labute approximate surface area is 188 Å². The Bertz CT molecular complexity index is 1140. The maximum atomic E-state index is 13.5. The van der Waals surface area contributed by atoms with Crippen LogP contribution < -0.4 is 0 Å². The van der Waals surface area contributed by atoms with E-state index < -0.39 is 5.60 Å². The first-order chi connectivity index (χ1) is 15.4. The lowest BCUT2D eigenvalue weighted by Gasteiger charge is -2.32. The fraction of sp³-hybridized carbons (Fsp3) is 0.222. The normalized spacial score (nSPS) is 14.9. The molecule has 5 heteroatoms. The van der Waals surface area contributed by atoms with Gasteiger partial charge in [-0.2, -0.15) is 0 Å². The molecule has 0 fully saturated rings. The molecule has 0 atom stereocenters. The Hall–Kier alpha value is -3.73. The van der Waals surface area contributed by atoms with Crippen LogP contribution in [0.4, 0.5) is 0 Å². The lowest BCUT2D eigenvalue weighted by molar-refractivity contribution is -0.139. The number of ether oxygens (including phenoxy) is 1. The van der Waals surface area contributed by atoms with Gasteiger partial charge in [-0.3, -0.25) is 14.6 Å². The number of carbonyl (C=O) groups excluding carboxylic acids is 2. The summed E-state index contributed by atoms with van der Waals surface area (Å²) in [5.41, 5.74) is 3.39. The van der Waals surface area contributed by atoms with E-state index in [4.69, 9.17) is 4.74 Å². The third kappa shape index (κ3) is 5.30. The summed E-state index contributed by atoms with van der Waals surface area (Å²) < 4.78 is 5.89. The molecule has 2 aromatic carbocycles. The molecule has 32 heavy (non-hydrogen) atoms. The van der Waals surface area contributed by atoms with Gasteiger partial charge in [0.2, 0.25) is 0 Å². The van der Waals surface area contributed by atoms with E-state index in [9.17, 15) is 9.59 Å². The second-order valence-electron chi connectivity index (χ2n) is 8.60. The number of amides is 1. The Morgan fingerprint density at radius 2 is 1.69 bits per heavy atom. The van der Waals surface area contributed by atoms with Gasteiger partial charge in [-0.1, -0.05) is 54.6 Å². The van der Waals surface area contributed by atoms with Crippen molar-refractivity contribution in [3.05, 3.63) is 102 Å². The van der Waals surface area contributed by atoms with E-state index >= 15 is 0 Å². The van der Waals surface area contributed by atoms with Gasteiger partial charge >= 0.3 is 0 Å². The van der Waals surface area contributed by atoms with E-state index in [0.717, 1.165) is 22.3 Å². The predicted octanol–water partition coefficient (Wildman–Crippen LogP) is 4.93. The third-order valence-electron chi connectivity index (χ3n) is 5.28. The van der Waals surface area contributed by atoms with Gasteiger partial charge in [-0.25, -0.2) is 0 Å². The topological polar surface area (TPSA) is 59.5 Å². The molecule has 0 aliphatic carbocycles. The van der Waals surface area contributed by atoms with E-state index in [-0.39, 0.29) is 23.9 Å². The number of aromatic nitrogens is 1. The number of rotatable bonds is 6. The van der Waals surface area contributed by atoms with Crippen LogP contribution in [0.1, 0.15) is 31.4 Å². The molecule has 4 rings (SSSR count). The number of allylic oxidation sites excluding steroid dienone is 1. The first kappa shape index (κ1) is 21.5. The van der Waals surface area contributed by atoms with Gasteiger partial charge in [0, 0.05) is 38.0 Å². The van der Waals surface area contributed by atoms with Crippen LogP contribution in [0.15, 0.2) is 91.0 Å². The minimum Gasteiger partial charge on any atom is -0.481 e. The van der Waals surface area contributed by atoms with Crippen LogP contribution >= 0.6 is 0 Å². The Kier molecular flexibility index (Phi) is 6.17. The zero-order valence-electron chi connectivity index (χ0n) is 18.3. The van der Waals surface area contributed by atoms with Crippen molar-refractivity contribution in [2.24, 2.45) is 0 Å². The first-order valence-electron chi connectivity index (χ1n) is 10.7. The molecule has 0 N–H and O–H groups in total. The SMILES string of the molecule is CC1(C)CC(=O)C=C(C(=O)N(Cc2cccnc2)Cc2cccc(-c3ccccc3)c2)O1. The third-order valence-corrected chi connectivity index (χ3v) is 5.28. The van der Waals surface area contributed by atoms with Crippen molar-refractivity contribution in [2.75, 3.05) is 0 Å². The van der Waals surface area contributed by atoms with Gasteiger partial charge in [0.15, 0.2) is 11.5 Å². The van der Waals surface area contributed by atoms with Crippen LogP contribution in [0, 0.1) is 0 Å². The van der Waals surface area contributed by atoms with Gasteiger partial charge < -0.3 is 9.64 Å². The standard InChI is InChI=1S/C27H26N2O3/c1-27(2)16-24(30)15-25(32-27)26(31)29(19-21-9-7-13-28-17-21)18-20-8-6-12-23(14-20)22-10-4-3-5-11-22/h3-15,17H,16,18-19H2,1-2H3. The lowest BCUT2D eigenvalue weighted by Crippen LogP contribution is -2.39. The number of benzene rings is 2. The highest BCUT2D eigenvalue weighted by Gasteiger charge is 2.33. The molecule has 0 unspecified atom stereocenters. The Morgan fingerprint density at radius 1 is 0.969 bits per heavy atom. The summed E-state index contributed by atoms with van der Waals surface area (Å²) in [5, 5.41) is 0. The summed E-state index contributed by atoms with van der Waals surface area (Å²) in [7, 11) is 0. The fourth-order valence-corrected chi connectivity index (χ4v) is 3.85. The van der Waals surface area contributed by atoms with Gasteiger partial charge in [0.05, 0.1) is 0 Å². The number of carbonyl (C=O) groups is 2. The molecule has 0 radical (unpaired) electrons. The van der Waals surface area contributed by atoms with Crippen molar-refractivity contribution >= 4 is 11.7 Å². The second-order valence-corrected chi connectivity index (χ2v) is 8.60. The van der Waals surface area contributed by atoms with E-state index in [0.29, 0.717) is 13.1 Å². The Balaban J connectivity index is 1.63. The molecule has 3 aromatic rings. The maximum Gasteiger partial charge on any atom is 0.289 e. The predicted molar refractivity (Wildman–Crippen MR) is 123 cm³/mol. The molecular weight excluding hydrogens is 400 g/mol. The van der Waals surface area contributed by atoms with Crippen LogP contribution in [-0.2, 0) is 27.4 Å². The molecule has 1 aliphatic heterocycles. The zero-order valence-corrected chi connectivity index (χ0v) is 18.3. The van der Waals surface area contributed by atoms with Crippen molar-refractivity contribution in [3.8, 4) is 11.1 Å². The van der Waals surface area contributed by atoms with Crippen LogP contribution in [0.2, 0.25) is 0 Å². The Morgan fingerprint density at radius 3 is 2.41 bits per heavy atom. The van der Waals surface area contributed by atoms with Crippen molar-refractivity contribution in [2.45, 2.75) is 39.0 Å². The van der Waals surface area contributed by atoms with Crippen LogP contribution in [-0.4, -0.2) is 27.2 Å². The highest BCUT2D eigenvalue weighted by Crippen LogP contribution is 2.27. The van der Waals surface area contributed by atoms with Gasteiger partial charge in [-0.15, -0.1) is 0 Å². The van der Waals surface area contributed by atoms with Crippen molar-refractivity contribution in [1.29, 1.82) is 0 Å². The summed E-state index contributed by atoms with van der Waals surface area (Å²) in [6.07, 6.45) is 5.02. The van der Waals surface area contributed by atoms with Crippen LogP contribution in [0.25, 0.3) is 11.1 Å². The molecule has 0 saturated heterocycles. The van der Waals surface area contributed by atoms with Gasteiger partial charge in [0.25, 0.3) is 5.91 Å². The maximum absolute atomic E-state index is 13.5. The minimum absolute atomic E-state index is 0.0920. The van der Waals surface area contributed by atoms with Gasteiger partial charge in [0.1, 0.15) is 5.60 Å². The van der Waals surface area contributed by atoms with Crippen LogP contribution in [0.5, 0.6) is 0 Å². The zero-order chi connectivity index (χ0) is 22.6. The van der Waals surface area contributed by atoms with E-state index in [1.165, 1.54) is 6.08 Å². The molecule has 1 aliphatic rings. The average molecular weight is 427 g/mol. The molecular formula is C27H26N2O3. The summed E-state index contributed by atoms with van der Waals surface area (Å²) in [6, 6.07) is 22.0. The second kappa shape index (κ2) is 9.18. The summed E-state index contributed by atoms with van der Waals surface area (Å²) in [6.45, 7) is 4.38. The van der Waals surface area contributed by atoms with Crippen molar-refractivity contribution in [3.63, 3.8) is 0 Å². The van der Waals surface area contributed by atoms with E-state index in [1.54, 1.807) is 17.3 Å². The number of ketones is 1. The molecule has 162 valence electrons. The first-order valence-corrected chi connectivity index (χ1v) is 10.7. The average Bonchev–Trinajstić information content (AvgIpc) is 2.78. The lowest BCUT2D eigenvalue weighted by atomic mass is 9.98. The molecule has 1 amide bonds. The van der Waals surface area contributed by atoms with E-state index in [1.807, 2.05) is 56.3 Å². The van der Waals surface area contributed by atoms with E-state index in [2.05, 4.69) is 29.2 Å². The monoisotopic (exact) mass is 426 g/mol. The molecule has 0 saturated carbocycles. The molecule has 1 aromatic heterocycles. The van der Waals surface area contributed by atoms with Crippen molar-refractivity contribution < 1.29 is 14.3 Å². The summed E-state index contributed by atoms with van der Waals surface area (Å²) in [5.74, 6) is -0.313. The minimum atomic E-state index is -0.704. The number of nitrogens with zero attached hydrogens (tertiary/aromatic N) is 2. The summed E-state index contributed by atoms with van der Waals surface area (Å²) in [4.78, 5) is 31.5. The largest absolute Gasteiger partial charge is 0.481 e. The molecule has 0 spiro atoms. The number of hydrogen-bond acceptors (Lipinski definition) is 4.